The zero-order valence-electron chi connectivity index (χ0n) is 16.8. The topological polar surface area (TPSA) is 78.9 Å². The molecule has 1 spiro atoms. The molecule has 0 radical (unpaired) electrons. The van der Waals surface area contributed by atoms with Crippen LogP contribution in [0.2, 0.25) is 0 Å². The lowest BCUT2D eigenvalue weighted by molar-refractivity contribution is -0.150. The summed E-state index contributed by atoms with van der Waals surface area (Å²) in [6.07, 6.45) is 7.64. The summed E-state index contributed by atoms with van der Waals surface area (Å²) in [5, 5.41) is 0. The second-order valence-corrected chi connectivity index (χ2v) is 8.52. The van der Waals surface area contributed by atoms with Crippen LogP contribution in [0.25, 0.3) is 0 Å². The minimum absolute atomic E-state index is 0.0183. The van der Waals surface area contributed by atoms with Gasteiger partial charge in [0.05, 0.1) is 17.8 Å². The number of cyclic esters (lactones) is 1. The summed E-state index contributed by atoms with van der Waals surface area (Å²) >= 11 is 0. The minimum atomic E-state index is -0.367. The molecule has 8 nitrogen and oxygen atoms in total. The Morgan fingerprint density at radius 1 is 1.21 bits per heavy atom. The van der Waals surface area contributed by atoms with Crippen molar-refractivity contribution in [3.05, 3.63) is 18.1 Å². The molecular weight excluding hydrogens is 358 g/mol. The number of likely N-dealkylation sites (tertiary alicyclic amines) is 1. The molecule has 0 saturated carbocycles. The summed E-state index contributed by atoms with van der Waals surface area (Å²) in [6, 6.07) is 0. The molecule has 152 valence electrons. The molecule has 3 aliphatic heterocycles. The second kappa shape index (κ2) is 7.66. The van der Waals surface area contributed by atoms with Gasteiger partial charge < -0.3 is 19.4 Å². The number of esters is 1. The van der Waals surface area contributed by atoms with Crippen LogP contribution in [0.15, 0.2) is 12.4 Å². The van der Waals surface area contributed by atoms with E-state index in [4.69, 9.17) is 4.74 Å². The Morgan fingerprint density at radius 2 is 1.93 bits per heavy atom. The van der Waals surface area contributed by atoms with Crippen LogP contribution in [-0.4, -0.2) is 84.6 Å². The maximum Gasteiger partial charge on any atom is 0.312 e. The van der Waals surface area contributed by atoms with Crippen molar-refractivity contribution in [2.75, 3.05) is 51.7 Å². The first-order valence-corrected chi connectivity index (χ1v) is 10.2. The Balaban J connectivity index is 1.41. The molecule has 0 aliphatic carbocycles. The SMILES string of the molecule is CN(C)CC1CC2(CCN(c3cncc(C(=O)N4CCCC4)n3)CC2)C(=O)O1. The summed E-state index contributed by atoms with van der Waals surface area (Å²) in [5.41, 5.74) is 0.0409. The van der Waals surface area contributed by atoms with E-state index >= 15 is 0 Å². The molecule has 4 rings (SSSR count). The van der Waals surface area contributed by atoms with Gasteiger partial charge in [-0.15, -0.1) is 0 Å². The maximum absolute atomic E-state index is 12.6. The van der Waals surface area contributed by atoms with E-state index in [1.807, 2.05) is 19.0 Å². The van der Waals surface area contributed by atoms with Gasteiger partial charge >= 0.3 is 5.97 Å². The van der Waals surface area contributed by atoms with Crippen LogP contribution in [0.4, 0.5) is 5.82 Å². The zero-order chi connectivity index (χ0) is 19.7. The van der Waals surface area contributed by atoms with Crippen LogP contribution in [-0.2, 0) is 9.53 Å². The van der Waals surface area contributed by atoms with Gasteiger partial charge in [0, 0.05) is 39.1 Å². The van der Waals surface area contributed by atoms with Crippen molar-refractivity contribution in [3.8, 4) is 0 Å². The molecule has 1 aromatic rings. The number of hydrogen-bond acceptors (Lipinski definition) is 7. The first-order chi connectivity index (χ1) is 13.5. The lowest BCUT2D eigenvalue weighted by Crippen LogP contribution is -2.43. The third kappa shape index (κ3) is 3.70. The summed E-state index contributed by atoms with van der Waals surface area (Å²) in [7, 11) is 3.99. The van der Waals surface area contributed by atoms with Gasteiger partial charge in [0.15, 0.2) is 0 Å². The fraction of sp³-hybridized carbons (Fsp3) is 0.700. The van der Waals surface area contributed by atoms with E-state index in [1.165, 1.54) is 0 Å². The third-order valence-corrected chi connectivity index (χ3v) is 6.17. The van der Waals surface area contributed by atoms with Gasteiger partial charge in [0.25, 0.3) is 5.91 Å². The molecule has 1 unspecified atom stereocenters. The number of likely N-dealkylation sites (N-methyl/N-ethyl adjacent to an activating group) is 1. The monoisotopic (exact) mass is 387 g/mol. The van der Waals surface area contributed by atoms with Crippen molar-refractivity contribution in [1.82, 2.24) is 19.8 Å². The predicted molar refractivity (Wildman–Crippen MR) is 104 cm³/mol. The van der Waals surface area contributed by atoms with E-state index in [-0.39, 0.29) is 23.4 Å². The molecule has 1 aromatic heterocycles. The highest BCUT2D eigenvalue weighted by molar-refractivity contribution is 5.92. The molecule has 0 N–H and O–H groups in total. The van der Waals surface area contributed by atoms with E-state index in [1.54, 1.807) is 12.4 Å². The molecule has 3 saturated heterocycles. The highest BCUT2D eigenvalue weighted by Gasteiger charge is 2.50. The number of piperidine rings is 1. The number of nitrogens with zero attached hydrogens (tertiary/aromatic N) is 5. The van der Waals surface area contributed by atoms with Gasteiger partial charge in [-0.2, -0.15) is 0 Å². The molecule has 3 fully saturated rings. The van der Waals surface area contributed by atoms with Crippen LogP contribution in [0.1, 0.15) is 42.6 Å². The van der Waals surface area contributed by atoms with Crippen LogP contribution < -0.4 is 4.90 Å². The smallest absolute Gasteiger partial charge is 0.312 e. The fourth-order valence-electron chi connectivity index (χ4n) is 4.61. The zero-order valence-corrected chi connectivity index (χ0v) is 16.8. The van der Waals surface area contributed by atoms with E-state index in [0.29, 0.717) is 5.69 Å². The molecule has 0 aromatic carbocycles. The van der Waals surface area contributed by atoms with Gasteiger partial charge in [-0.3, -0.25) is 14.6 Å². The fourth-order valence-corrected chi connectivity index (χ4v) is 4.61. The lowest BCUT2D eigenvalue weighted by atomic mass is 9.76. The largest absolute Gasteiger partial charge is 0.461 e. The van der Waals surface area contributed by atoms with E-state index in [0.717, 1.165) is 70.6 Å². The molecule has 3 aliphatic rings. The highest BCUT2D eigenvalue weighted by atomic mass is 16.6. The van der Waals surface area contributed by atoms with Crippen molar-refractivity contribution >= 4 is 17.7 Å². The van der Waals surface area contributed by atoms with E-state index in [9.17, 15) is 9.59 Å². The Kier molecular flexibility index (Phi) is 5.23. The van der Waals surface area contributed by atoms with Crippen LogP contribution in [0, 0.1) is 5.41 Å². The van der Waals surface area contributed by atoms with Gasteiger partial charge in [-0.1, -0.05) is 0 Å². The van der Waals surface area contributed by atoms with Crippen molar-refractivity contribution in [2.24, 2.45) is 5.41 Å². The normalized spacial score (nSPS) is 24.2. The van der Waals surface area contributed by atoms with E-state index in [2.05, 4.69) is 19.8 Å². The number of amides is 1. The molecule has 0 bridgehead atoms. The highest BCUT2D eigenvalue weighted by Crippen LogP contribution is 2.43. The minimum Gasteiger partial charge on any atom is -0.461 e. The number of carbonyl (C=O) groups is 2. The Bertz CT molecular complexity index is 739. The van der Waals surface area contributed by atoms with Crippen LogP contribution >= 0.6 is 0 Å². The average molecular weight is 387 g/mol. The molecular formula is C20H29N5O3. The molecule has 28 heavy (non-hydrogen) atoms. The first-order valence-electron chi connectivity index (χ1n) is 10.2. The second-order valence-electron chi connectivity index (χ2n) is 8.52. The Morgan fingerprint density at radius 3 is 2.61 bits per heavy atom. The number of ether oxygens (including phenoxy) is 1. The standard InChI is InChI=1S/C20H29N5O3/c1-23(2)14-15-11-20(19(27)28-15)5-9-24(10-6-20)17-13-21-12-16(22-17)18(26)25-7-3-4-8-25/h12-13,15H,3-11,14H2,1-2H3. The average Bonchev–Trinajstić information content (AvgIpc) is 3.31. The number of rotatable bonds is 4. The van der Waals surface area contributed by atoms with Crippen molar-refractivity contribution < 1.29 is 14.3 Å². The maximum atomic E-state index is 12.6. The summed E-state index contributed by atoms with van der Waals surface area (Å²) in [5.74, 6) is 0.630. The Labute approximate surface area is 165 Å². The van der Waals surface area contributed by atoms with Crippen LogP contribution in [0.5, 0.6) is 0 Å². The number of hydrogen-bond donors (Lipinski definition) is 0. The van der Waals surface area contributed by atoms with Gasteiger partial charge in [0.1, 0.15) is 17.6 Å². The van der Waals surface area contributed by atoms with Crippen molar-refractivity contribution in [1.29, 1.82) is 0 Å². The predicted octanol–water partition coefficient (Wildman–Crippen LogP) is 1.18. The van der Waals surface area contributed by atoms with Crippen molar-refractivity contribution in [2.45, 2.75) is 38.2 Å². The molecule has 1 amide bonds. The van der Waals surface area contributed by atoms with Gasteiger partial charge in [-0.25, -0.2) is 4.98 Å². The van der Waals surface area contributed by atoms with Crippen molar-refractivity contribution in [3.63, 3.8) is 0 Å². The van der Waals surface area contributed by atoms with Gasteiger partial charge in [-0.05, 0) is 39.8 Å². The van der Waals surface area contributed by atoms with Crippen LogP contribution in [0.3, 0.4) is 0 Å². The molecule has 8 heteroatoms. The number of aromatic nitrogens is 2. The summed E-state index contributed by atoms with van der Waals surface area (Å²) in [4.78, 5) is 40.0. The molecule has 4 heterocycles. The van der Waals surface area contributed by atoms with E-state index < -0.39 is 0 Å². The quantitative estimate of drug-likeness (QED) is 0.718. The summed E-state index contributed by atoms with van der Waals surface area (Å²) < 4.78 is 5.64. The number of carbonyl (C=O) groups excluding carboxylic acids is 2. The lowest BCUT2D eigenvalue weighted by Gasteiger charge is -2.37. The summed E-state index contributed by atoms with van der Waals surface area (Å²) in [6.45, 7) is 3.81. The van der Waals surface area contributed by atoms with Gasteiger partial charge in [0.2, 0.25) is 0 Å². The first kappa shape index (κ1) is 19.1. The molecule has 1 atom stereocenters. The number of anilines is 1. The third-order valence-electron chi connectivity index (χ3n) is 6.17. The Hall–Kier alpha value is -2.22.